The number of anilines is 1. The molecule has 114 valence electrons. The average Bonchev–Trinajstić information content (AvgIpc) is 2.76. The van der Waals surface area contributed by atoms with E-state index in [9.17, 15) is 9.59 Å². The van der Waals surface area contributed by atoms with Crippen LogP contribution in [0, 0.1) is 0 Å². The molecule has 21 heavy (non-hydrogen) atoms. The van der Waals surface area contributed by atoms with Crippen LogP contribution in [0.2, 0.25) is 0 Å². The Morgan fingerprint density at radius 2 is 2.19 bits per heavy atom. The molecule has 0 aromatic heterocycles. The zero-order valence-corrected chi connectivity index (χ0v) is 12.3. The lowest BCUT2D eigenvalue weighted by atomic mass is 10.0. The lowest BCUT2D eigenvalue weighted by molar-refractivity contribution is -0.139. The lowest BCUT2D eigenvalue weighted by Gasteiger charge is -2.31. The van der Waals surface area contributed by atoms with Crippen LogP contribution in [-0.4, -0.2) is 40.7 Å². The van der Waals surface area contributed by atoms with Crippen molar-refractivity contribution in [1.29, 1.82) is 0 Å². The minimum absolute atomic E-state index is 0.137. The van der Waals surface area contributed by atoms with Gasteiger partial charge in [0.15, 0.2) is 6.61 Å². The minimum Gasteiger partial charge on any atom is -0.482 e. The van der Waals surface area contributed by atoms with Gasteiger partial charge in [-0.25, -0.2) is 9.59 Å². The SMILES string of the molecule is CC1(C)CCCN1C(=O)Nc1cccc(OCC(=O)O)c1. The standard InChI is InChI=1S/C15H20N2O4/c1-15(2)7-4-8-17(15)14(20)16-11-5-3-6-12(9-11)21-10-13(18)19/h3,5-6,9H,4,7-8,10H2,1-2H3,(H,16,20)(H,18,19). The van der Waals surface area contributed by atoms with Crippen LogP contribution >= 0.6 is 0 Å². The van der Waals surface area contributed by atoms with Gasteiger partial charge >= 0.3 is 12.0 Å². The molecule has 2 amide bonds. The number of carboxylic acids is 1. The zero-order valence-electron chi connectivity index (χ0n) is 12.3. The fraction of sp³-hybridized carbons (Fsp3) is 0.467. The van der Waals surface area contributed by atoms with Gasteiger partial charge in [0.1, 0.15) is 5.75 Å². The molecular formula is C15H20N2O4. The van der Waals surface area contributed by atoms with E-state index in [0.717, 1.165) is 19.4 Å². The monoisotopic (exact) mass is 292 g/mol. The molecule has 0 saturated carbocycles. The number of nitrogens with zero attached hydrogens (tertiary/aromatic N) is 1. The van der Waals surface area contributed by atoms with Gasteiger partial charge in [-0.05, 0) is 38.8 Å². The number of carbonyl (C=O) groups excluding carboxylic acids is 1. The van der Waals surface area contributed by atoms with E-state index in [1.54, 1.807) is 24.3 Å². The fourth-order valence-electron chi connectivity index (χ4n) is 2.48. The summed E-state index contributed by atoms with van der Waals surface area (Å²) in [6.07, 6.45) is 1.99. The quantitative estimate of drug-likeness (QED) is 0.894. The smallest absolute Gasteiger partial charge is 0.341 e. The van der Waals surface area contributed by atoms with E-state index in [1.165, 1.54) is 0 Å². The van der Waals surface area contributed by atoms with Crippen molar-refractivity contribution in [2.75, 3.05) is 18.5 Å². The second-order valence-electron chi connectivity index (χ2n) is 5.71. The molecule has 0 aliphatic carbocycles. The van der Waals surface area contributed by atoms with Crippen LogP contribution in [0.25, 0.3) is 0 Å². The van der Waals surface area contributed by atoms with Gasteiger partial charge in [-0.3, -0.25) is 0 Å². The summed E-state index contributed by atoms with van der Waals surface area (Å²) in [7, 11) is 0. The zero-order chi connectivity index (χ0) is 15.5. The van der Waals surface area contributed by atoms with Crippen LogP contribution in [0.5, 0.6) is 5.75 Å². The average molecular weight is 292 g/mol. The highest BCUT2D eigenvalue weighted by Crippen LogP contribution is 2.29. The summed E-state index contributed by atoms with van der Waals surface area (Å²) in [6, 6.07) is 6.58. The third-order valence-electron chi connectivity index (χ3n) is 3.59. The molecule has 0 bridgehead atoms. The van der Waals surface area contributed by atoms with Crippen molar-refractivity contribution in [3.8, 4) is 5.75 Å². The molecule has 1 saturated heterocycles. The summed E-state index contributed by atoms with van der Waals surface area (Å²) in [5, 5.41) is 11.4. The van der Waals surface area contributed by atoms with E-state index in [0.29, 0.717) is 11.4 Å². The van der Waals surface area contributed by atoms with Crippen LogP contribution in [0.1, 0.15) is 26.7 Å². The number of aliphatic carboxylic acids is 1. The van der Waals surface area contributed by atoms with E-state index >= 15 is 0 Å². The lowest BCUT2D eigenvalue weighted by Crippen LogP contribution is -2.44. The molecule has 1 aromatic carbocycles. The number of amides is 2. The largest absolute Gasteiger partial charge is 0.482 e. The Morgan fingerprint density at radius 1 is 1.43 bits per heavy atom. The van der Waals surface area contributed by atoms with E-state index < -0.39 is 12.6 Å². The Kier molecular flexibility index (Phi) is 4.35. The Morgan fingerprint density at radius 3 is 2.81 bits per heavy atom. The van der Waals surface area contributed by atoms with Crippen LogP contribution < -0.4 is 10.1 Å². The topological polar surface area (TPSA) is 78.9 Å². The van der Waals surface area contributed by atoms with Crippen molar-refractivity contribution >= 4 is 17.7 Å². The highest BCUT2D eigenvalue weighted by Gasteiger charge is 2.35. The highest BCUT2D eigenvalue weighted by atomic mass is 16.5. The number of nitrogens with one attached hydrogen (secondary N) is 1. The van der Waals surface area contributed by atoms with E-state index in [4.69, 9.17) is 9.84 Å². The molecular weight excluding hydrogens is 272 g/mol. The summed E-state index contributed by atoms with van der Waals surface area (Å²) in [6.45, 7) is 4.43. The molecule has 0 spiro atoms. The Balaban J connectivity index is 2.01. The maximum Gasteiger partial charge on any atom is 0.341 e. The van der Waals surface area contributed by atoms with E-state index in [-0.39, 0.29) is 11.6 Å². The van der Waals surface area contributed by atoms with Crippen LogP contribution in [-0.2, 0) is 4.79 Å². The number of likely N-dealkylation sites (tertiary alicyclic amines) is 1. The molecule has 1 aliphatic rings. The van der Waals surface area contributed by atoms with Gasteiger partial charge in [-0.1, -0.05) is 6.07 Å². The summed E-state index contributed by atoms with van der Waals surface area (Å²) >= 11 is 0. The molecule has 1 heterocycles. The van der Waals surface area contributed by atoms with Crippen molar-refractivity contribution < 1.29 is 19.4 Å². The first-order valence-electron chi connectivity index (χ1n) is 6.92. The number of hydrogen-bond acceptors (Lipinski definition) is 3. The molecule has 1 aliphatic heterocycles. The molecule has 0 radical (unpaired) electrons. The second kappa shape index (κ2) is 6.03. The van der Waals surface area contributed by atoms with Crippen molar-refractivity contribution in [3.63, 3.8) is 0 Å². The first-order valence-corrected chi connectivity index (χ1v) is 6.92. The predicted molar refractivity (Wildman–Crippen MR) is 78.6 cm³/mol. The summed E-state index contributed by atoms with van der Waals surface area (Å²) < 4.78 is 5.09. The number of urea groups is 1. The maximum atomic E-state index is 12.3. The maximum absolute atomic E-state index is 12.3. The normalized spacial score (nSPS) is 16.6. The van der Waals surface area contributed by atoms with Crippen molar-refractivity contribution in [1.82, 2.24) is 4.90 Å². The van der Waals surface area contributed by atoms with Gasteiger partial charge in [0, 0.05) is 23.8 Å². The molecule has 2 N–H and O–H groups in total. The fourth-order valence-corrected chi connectivity index (χ4v) is 2.48. The first-order chi connectivity index (χ1) is 9.88. The Hall–Kier alpha value is -2.24. The van der Waals surface area contributed by atoms with Gasteiger partial charge in [0.25, 0.3) is 0 Å². The third-order valence-corrected chi connectivity index (χ3v) is 3.59. The molecule has 2 rings (SSSR count). The number of rotatable bonds is 4. The van der Waals surface area contributed by atoms with Crippen molar-refractivity contribution in [2.24, 2.45) is 0 Å². The second-order valence-corrected chi connectivity index (χ2v) is 5.71. The van der Waals surface area contributed by atoms with E-state index in [1.807, 2.05) is 18.7 Å². The van der Waals surface area contributed by atoms with Crippen LogP contribution in [0.4, 0.5) is 10.5 Å². The molecule has 1 aromatic rings. The van der Waals surface area contributed by atoms with Crippen LogP contribution in [0.3, 0.4) is 0 Å². The van der Waals surface area contributed by atoms with E-state index in [2.05, 4.69) is 5.32 Å². The van der Waals surface area contributed by atoms with Gasteiger partial charge in [-0.2, -0.15) is 0 Å². The number of ether oxygens (including phenoxy) is 1. The number of benzene rings is 1. The van der Waals surface area contributed by atoms with Crippen molar-refractivity contribution in [2.45, 2.75) is 32.2 Å². The number of hydrogen-bond donors (Lipinski definition) is 2. The number of carbonyl (C=O) groups is 2. The third kappa shape index (κ3) is 3.87. The molecule has 0 atom stereocenters. The number of carboxylic acid groups (broad SMARTS) is 1. The van der Waals surface area contributed by atoms with Gasteiger partial charge in [-0.15, -0.1) is 0 Å². The van der Waals surface area contributed by atoms with Gasteiger partial charge in [0.05, 0.1) is 0 Å². The molecule has 6 nitrogen and oxygen atoms in total. The Labute approximate surface area is 123 Å². The summed E-state index contributed by atoms with van der Waals surface area (Å²) in [5.74, 6) is -0.626. The van der Waals surface area contributed by atoms with Crippen molar-refractivity contribution in [3.05, 3.63) is 24.3 Å². The highest BCUT2D eigenvalue weighted by molar-refractivity contribution is 5.90. The van der Waals surface area contributed by atoms with Gasteiger partial charge in [0.2, 0.25) is 0 Å². The van der Waals surface area contributed by atoms with Gasteiger partial charge < -0.3 is 20.1 Å². The summed E-state index contributed by atoms with van der Waals surface area (Å²) in [4.78, 5) is 24.6. The predicted octanol–water partition coefficient (Wildman–Crippen LogP) is 2.56. The molecule has 0 unspecified atom stereocenters. The Bertz CT molecular complexity index is 542. The minimum atomic E-state index is -1.04. The summed E-state index contributed by atoms with van der Waals surface area (Å²) in [5.41, 5.74) is 0.451. The molecule has 1 fully saturated rings. The molecule has 6 heteroatoms. The van der Waals surface area contributed by atoms with Crippen LogP contribution in [0.15, 0.2) is 24.3 Å². The first kappa shape index (κ1) is 15.2.